The van der Waals surface area contributed by atoms with Crippen LogP contribution in [0.5, 0.6) is 0 Å². The lowest BCUT2D eigenvalue weighted by Crippen LogP contribution is -2.19. The number of para-hydroxylation sites is 1. The van der Waals surface area contributed by atoms with Gasteiger partial charge in [0.1, 0.15) is 0 Å². The van der Waals surface area contributed by atoms with Gasteiger partial charge < -0.3 is 10.6 Å². The lowest BCUT2D eigenvalue weighted by atomic mass is 10.2. The Labute approximate surface area is 125 Å². The van der Waals surface area contributed by atoms with E-state index in [4.69, 9.17) is 17.5 Å². The van der Waals surface area contributed by atoms with Crippen LogP contribution >= 0.6 is 28.1 Å². The Morgan fingerprint density at radius 2 is 1.84 bits per heavy atom. The van der Waals surface area contributed by atoms with Crippen LogP contribution in [0.2, 0.25) is 0 Å². The van der Waals surface area contributed by atoms with Gasteiger partial charge in [-0.1, -0.05) is 18.2 Å². The van der Waals surface area contributed by atoms with Crippen molar-refractivity contribution in [2.45, 2.75) is 0 Å². The average molecular weight is 332 g/mol. The lowest BCUT2D eigenvalue weighted by molar-refractivity contribution is 1.47. The van der Waals surface area contributed by atoms with Crippen LogP contribution in [-0.2, 0) is 0 Å². The maximum Gasteiger partial charge on any atom is 0.175 e. The molecule has 19 heavy (non-hydrogen) atoms. The van der Waals surface area contributed by atoms with E-state index in [2.05, 4.69) is 32.6 Å². The average Bonchev–Trinajstić information content (AvgIpc) is 2.42. The van der Waals surface area contributed by atoms with Crippen LogP contribution in [0.4, 0.5) is 11.4 Å². The maximum absolute atomic E-state index is 8.80. The van der Waals surface area contributed by atoms with Gasteiger partial charge in [-0.3, -0.25) is 0 Å². The second kappa shape index (κ2) is 6.32. The first-order valence-electron chi connectivity index (χ1n) is 5.52. The smallest absolute Gasteiger partial charge is 0.175 e. The first-order chi connectivity index (χ1) is 9.19. The van der Waals surface area contributed by atoms with Gasteiger partial charge in [-0.15, -0.1) is 0 Å². The second-order valence-corrected chi connectivity index (χ2v) is 5.01. The summed E-state index contributed by atoms with van der Waals surface area (Å²) in [6.07, 6.45) is 0. The molecule has 2 aromatic rings. The van der Waals surface area contributed by atoms with E-state index in [0.29, 0.717) is 10.7 Å². The van der Waals surface area contributed by atoms with Gasteiger partial charge in [-0.25, -0.2) is 0 Å². The molecule has 2 rings (SSSR count). The maximum atomic E-state index is 8.80. The fraction of sp³-hybridized carbons (Fsp3) is 0. The topological polar surface area (TPSA) is 47.9 Å². The summed E-state index contributed by atoms with van der Waals surface area (Å²) in [5.41, 5.74) is 2.33. The molecule has 2 aromatic carbocycles. The summed E-state index contributed by atoms with van der Waals surface area (Å²) in [6.45, 7) is 0. The predicted octanol–water partition coefficient (Wildman–Crippen LogP) is 4.13. The minimum atomic E-state index is 0.497. The number of nitriles is 1. The monoisotopic (exact) mass is 331 g/mol. The zero-order chi connectivity index (χ0) is 13.7. The van der Waals surface area contributed by atoms with E-state index in [-0.39, 0.29) is 0 Å². The molecule has 0 unspecified atom stereocenters. The van der Waals surface area contributed by atoms with E-state index in [1.807, 2.05) is 36.4 Å². The number of rotatable bonds is 2. The highest BCUT2D eigenvalue weighted by molar-refractivity contribution is 9.10. The zero-order valence-electron chi connectivity index (χ0n) is 9.85. The van der Waals surface area contributed by atoms with Crippen molar-refractivity contribution in [1.82, 2.24) is 0 Å². The highest BCUT2D eigenvalue weighted by Crippen LogP contribution is 2.23. The Kier molecular flexibility index (Phi) is 4.50. The van der Waals surface area contributed by atoms with Crippen molar-refractivity contribution in [3.05, 3.63) is 58.6 Å². The number of anilines is 2. The largest absolute Gasteiger partial charge is 0.332 e. The van der Waals surface area contributed by atoms with Gasteiger partial charge in [-0.05, 0) is 58.5 Å². The van der Waals surface area contributed by atoms with Crippen LogP contribution in [-0.4, -0.2) is 5.11 Å². The van der Waals surface area contributed by atoms with Crippen LogP contribution in [0.3, 0.4) is 0 Å². The minimum absolute atomic E-state index is 0.497. The summed E-state index contributed by atoms with van der Waals surface area (Å²) in [6, 6.07) is 17.0. The summed E-state index contributed by atoms with van der Waals surface area (Å²) in [4.78, 5) is 0. The number of hydrogen-bond acceptors (Lipinski definition) is 2. The molecule has 0 atom stereocenters. The van der Waals surface area contributed by atoms with Crippen molar-refractivity contribution in [3.8, 4) is 6.07 Å². The number of thiocarbonyl (C=S) groups is 1. The Hall–Kier alpha value is -1.90. The quantitative estimate of drug-likeness (QED) is 0.812. The van der Waals surface area contributed by atoms with Gasteiger partial charge in [-0.2, -0.15) is 5.26 Å². The van der Waals surface area contributed by atoms with Gasteiger partial charge in [0, 0.05) is 10.2 Å². The summed E-state index contributed by atoms with van der Waals surface area (Å²) in [5, 5.41) is 15.5. The number of halogens is 1. The van der Waals surface area contributed by atoms with Gasteiger partial charge in [0.25, 0.3) is 0 Å². The molecule has 0 spiro atoms. The van der Waals surface area contributed by atoms with Crippen LogP contribution in [0.15, 0.2) is 53.0 Å². The van der Waals surface area contributed by atoms with Gasteiger partial charge in [0.15, 0.2) is 5.11 Å². The van der Waals surface area contributed by atoms with Gasteiger partial charge in [0.05, 0.1) is 17.3 Å². The third kappa shape index (κ3) is 3.78. The van der Waals surface area contributed by atoms with Crippen molar-refractivity contribution < 1.29 is 0 Å². The van der Waals surface area contributed by atoms with Crippen LogP contribution in [0, 0.1) is 11.3 Å². The normalized spacial score (nSPS) is 9.47. The Balaban J connectivity index is 2.05. The molecule has 0 aromatic heterocycles. The summed E-state index contributed by atoms with van der Waals surface area (Å²) < 4.78 is 0.795. The first-order valence-corrected chi connectivity index (χ1v) is 6.72. The number of hydrogen-bond donors (Lipinski definition) is 2. The van der Waals surface area contributed by atoms with Crippen molar-refractivity contribution in [2.75, 3.05) is 10.6 Å². The standard InChI is InChI=1S/C14H10BrN3S/c15-12-8-10(9-16)6-7-13(12)18-14(19)17-11-4-2-1-3-5-11/h1-8H,(H2,17,18,19). The highest BCUT2D eigenvalue weighted by Gasteiger charge is 2.03. The van der Waals surface area contributed by atoms with E-state index in [9.17, 15) is 0 Å². The Morgan fingerprint density at radius 3 is 2.47 bits per heavy atom. The Bertz CT molecular complexity index is 635. The van der Waals surface area contributed by atoms with E-state index >= 15 is 0 Å². The fourth-order valence-corrected chi connectivity index (χ4v) is 2.20. The third-order valence-electron chi connectivity index (χ3n) is 2.38. The fourth-order valence-electron chi connectivity index (χ4n) is 1.49. The molecule has 0 aliphatic carbocycles. The molecular weight excluding hydrogens is 322 g/mol. The molecule has 2 N–H and O–H groups in total. The van der Waals surface area contributed by atoms with Crippen LogP contribution in [0.25, 0.3) is 0 Å². The van der Waals surface area contributed by atoms with Crippen molar-refractivity contribution in [3.63, 3.8) is 0 Å². The highest BCUT2D eigenvalue weighted by atomic mass is 79.9. The zero-order valence-corrected chi connectivity index (χ0v) is 12.3. The number of nitrogens with zero attached hydrogens (tertiary/aromatic N) is 1. The molecule has 0 aliphatic heterocycles. The second-order valence-electron chi connectivity index (χ2n) is 3.75. The van der Waals surface area contributed by atoms with E-state index in [1.54, 1.807) is 12.1 Å². The molecule has 0 bridgehead atoms. The molecule has 5 heteroatoms. The molecule has 0 heterocycles. The van der Waals surface area contributed by atoms with Crippen molar-refractivity contribution in [2.24, 2.45) is 0 Å². The molecule has 3 nitrogen and oxygen atoms in total. The molecule has 0 saturated heterocycles. The number of nitrogens with one attached hydrogen (secondary N) is 2. The van der Waals surface area contributed by atoms with E-state index in [1.165, 1.54) is 0 Å². The van der Waals surface area contributed by atoms with Crippen LogP contribution < -0.4 is 10.6 Å². The lowest BCUT2D eigenvalue weighted by Gasteiger charge is -2.11. The van der Waals surface area contributed by atoms with Gasteiger partial charge >= 0.3 is 0 Å². The van der Waals surface area contributed by atoms with Gasteiger partial charge in [0.2, 0.25) is 0 Å². The van der Waals surface area contributed by atoms with Crippen molar-refractivity contribution >= 4 is 44.6 Å². The summed E-state index contributed by atoms with van der Waals surface area (Å²) in [5.74, 6) is 0. The number of benzene rings is 2. The Morgan fingerprint density at radius 1 is 1.11 bits per heavy atom. The summed E-state index contributed by atoms with van der Waals surface area (Å²) in [7, 11) is 0. The SMILES string of the molecule is N#Cc1ccc(NC(=S)Nc2ccccc2)c(Br)c1. The first kappa shape index (κ1) is 13.5. The van der Waals surface area contributed by atoms with E-state index in [0.717, 1.165) is 15.8 Å². The molecule has 0 amide bonds. The van der Waals surface area contributed by atoms with E-state index < -0.39 is 0 Å². The minimum Gasteiger partial charge on any atom is -0.332 e. The molecule has 0 fully saturated rings. The van der Waals surface area contributed by atoms with Crippen LogP contribution in [0.1, 0.15) is 5.56 Å². The predicted molar refractivity (Wildman–Crippen MR) is 85.1 cm³/mol. The molecule has 0 saturated carbocycles. The van der Waals surface area contributed by atoms with Crippen molar-refractivity contribution in [1.29, 1.82) is 5.26 Å². The molecule has 0 radical (unpaired) electrons. The molecule has 94 valence electrons. The molecular formula is C14H10BrN3S. The third-order valence-corrected chi connectivity index (χ3v) is 3.24. The molecule has 0 aliphatic rings. The summed E-state index contributed by atoms with van der Waals surface area (Å²) >= 11 is 8.63.